The van der Waals surface area contributed by atoms with Gasteiger partial charge in [-0.15, -0.1) is 0 Å². The molecule has 2 aliphatic carbocycles. The van der Waals surface area contributed by atoms with Gasteiger partial charge in [0.2, 0.25) is 0 Å². The smallest absolute Gasteiger partial charge is 0.254 e. The summed E-state index contributed by atoms with van der Waals surface area (Å²) in [6, 6.07) is 24.2. The van der Waals surface area contributed by atoms with E-state index in [1.54, 1.807) is 0 Å². The molecule has 0 unspecified atom stereocenters. The average Bonchev–Trinajstić information content (AvgIpc) is 3.81. The van der Waals surface area contributed by atoms with E-state index in [9.17, 15) is 9.59 Å². The Morgan fingerprint density at radius 2 is 1.66 bits per heavy atom. The Morgan fingerprint density at radius 3 is 2.34 bits per heavy atom. The maximum absolute atomic E-state index is 13.6. The second kappa shape index (κ2) is 8.69. The molecule has 2 saturated carbocycles. The maximum Gasteiger partial charge on any atom is 0.254 e. The Bertz CT molecular complexity index is 1400. The molecular formula is C29H28N4O2. The maximum atomic E-state index is 13.6. The van der Waals surface area contributed by atoms with Gasteiger partial charge in [0.05, 0.1) is 11.0 Å². The Balaban J connectivity index is 1.23. The highest BCUT2D eigenvalue weighted by molar-refractivity contribution is 5.98. The molecular weight excluding hydrogens is 436 g/mol. The van der Waals surface area contributed by atoms with E-state index in [-0.39, 0.29) is 17.9 Å². The van der Waals surface area contributed by atoms with Crippen LogP contribution in [-0.2, 0) is 6.54 Å². The van der Waals surface area contributed by atoms with E-state index in [4.69, 9.17) is 4.98 Å². The van der Waals surface area contributed by atoms with Gasteiger partial charge in [-0.25, -0.2) is 4.98 Å². The minimum Gasteiger partial charge on any atom is -0.349 e. The Labute approximate surface area is 204 Å². The summed E-state index contributed by atoms with van der Waals surface area (Å²) in [4.78, 5) is 32.5. The lowest BCUT2D eigenvalue weighted by atomic mass is 10.1. The summed E-state index contributed by atoms with van der Waals surface area (Å²) < 4.78 is 2.11. The number of hydrogen-bond donors (Lipinski definition) is 1. The molecule has 3 aromatic carbocycles. The fourth-order valence-electron chi connectivity index (χ4n) is 4.61. The lowest BCUT2D eigenvalue weighted by Gasteiger charge is -2.23. The molecule has 6 rings (SSSR count). The molecule has 0 radical (unpaired) electrons. The lowest BCUT2D eigenvalue weighted by Crippen LogP contribution is -2.32. The predicted molar refractivity (Wildman–Crippen MR) is 136 cm³/mol. The van der Waals surface area contributed by atoms with E-state index in [1.807, 2.05) is 72.5 Å². The number of benzene rings is 3. The molecule has 0 saturated heterocycles. The number of aryl methyl sites for hydroxylation is 1. The van der Waals surface area contributed by atoms with Crippen molar-refractivity contribution in [3.05, 3.63) is 95.3 Å². The molecule has 0 aliphatic heterocycles. The largest absolute Gasteiger partial charge is 0.349 e. The topological polar surface area (TPSA) is 67.2 Å². The van der Waals surface area contributed by atoms with Crippen molar-refractivity contribution in [2.45, 2.75) is 51.2 Å². The third kappa shape index (κ3) is 4.44. The van der Waals surface area contributed by atoms with Gasteiger partial charge in [-0.05, 0) is 80.6 Å². The van der Waals surface area contributed by atoms with Gasteiger partial charge in [-0.2, -0.15) is 0 Å². The number of carbonyl (C=O) groups excluding carboxylic acids is 2. The molecule has 0 bridgehead atoms. The summed E-state index contributed by atoms with van der Waals surface area (Å²) in [7, 11) is 0. The molecule has 2 amide bonds. The van der Waals surface area contributed by atoms with Gasteiger partial charge in [-0.1, -0.05) is 30.3 Å². The molecule has 2 aliphatic rings. The van der Waals surface area contributed by atoms with Crippen molar-refractivity contribution in [2.24, 2.45) is 0 Å². The minimum absolute atomic E-state index is 0.0206. The quantitative estimate of drug-likeness (QED) is 0.417. The van der Waals surface area contributed by atoms with E-state index in [0.29, 0.717) is 23.7 Å². The van der Waals surface area contributed by atoms with Crippen molar-refractivity contribution in [1.82, 2.24) is 19.8 Å². The number of fused-ring (bicyclic) bond motifs is 1. The van der Waals surface area contributed by atoms with Crippen molar-refractivity contribution in [3.8, 4) is 5.69 Å². The van der Waals surface area contributed by atoms with Crippen LogP contribution < -0.4 is 5.32 Å². The fourth-order valence-corrected chi connectivity index (χ4v) is 4.61. The second-order valence-corrected chi connectivity index (χ2v) is 9.64. The van der Waals surface area contributed by atoms with Crippen LogP contribution in [0.2, 0.25) is 0 Å². The zero-order valence-electron chi connectivity index (χ0n) is 19.8. The second-order valence-electron chi connectivity index (χ2n) is 9.64. The van der Waals surface area contributed by atoms with Crippen LogP contribution in [0, 0.1) is 6.92 Å². The number of amides is 2. The van der Waals surface area contributed by atoms with Gasteiger partial charge in [0.25, 0.3) is 11.8 Å². The summed E-state index contributed by atoms with van der Waals surface area (Å²) in [6.45, 7) is 2.52. The number of imidazole rings is 1. The van der Waals surface area contributed by atoms with E-state index >= 15 is 0 Å². The summed E-state index contributed by atoms with van der Waals surface area (Å²) in [5.74, 6) is 0.894. The van der Waals surface area contributed by atoms with Crippen LogP contribution in [0.25, 0.3) is 16.7 Å². The first-order chi connectivity index (χ1) is 17.1. The summed E-state index contributed by atoms with van der Waals surface area (Å²) in [5.41, 5.74) is 5.21. The van der Waals surface area contributed by atoms with E-state index < -0.39 is 0 Å². The SMILES string of the molecule is Cc1nc2cc(C(=O)N(Cc3ccc(C(=O)NC4CC4)cc3)C3CC3)ccc2n1-c1ccccc1. The van der Waals surface area contributed by atoms with Crippen LogP contribution in [0.15, 0.2) is 72.8 Å². The molecule has 2 fully saturated rings. The molecule has 0 atom stereocenters. The zero-order valence-corrected chi connectivity index (χ0v) is 19.8. The van der Waals surface area contributed by atoms with Crippen LogP contribution in [0.1, 0.15) is 57.8 Å². The number of rotatable bonds is 7. The number of aromatic nitrogens is 2. The molecule has 1 heterocycles. The van der Waals surface area contributed by atoms with Crippen LogP contribution >= 0.6 is 0 Å². The van der Waals surface area contributed by atoms with Gasteiger partial charge in [0.15, 0.2) is 0 Å². The zero-order chi connectivity index (χ0) is 23.9. The van der Waals surface area contributed by atoms with Crippen molar-refractivity contribution in [1.29, 1.82) is 0 Å². The number of nitrogens with one attached hydrogen (secondary N) is 1. The lowest BCUT2D eigenvalue weighted by molar-refractivity contribution is 0.0729. The van der Waals surface area contributed by atoms with Crippen molar-refractivity contribution >= 4 is 22.8 Å². The predicted octanol–water partition coefficient (Wildman–Crippen LogP) is 5.03. The third-order valence-corrected chi connectivity index (χ3v) is 6.81. The highest BCUT2D eigenvalue weighted by atomic mass is 16.2. The van der Waals surface area contributed by atoms with Crippen LogP contribution in [-0.4, -0.2) is 38.3 Å². The number of hydrogen-bond acceptors (Lipinski definition) is 3. The van der Waals surface area contributed by atoms with Crippen LogP contribution in [0.5, 0.6) is 0 Å². The summed E-state index contributed by atoms with van der Waals surface area (Å²) in [6.07, 6.45) is 4.19. The molecule has 4 aromatic rings. The first-order valence-electron chi connectivity index (χ1n) is 12.3. The fraction of sp³-hybridized carbons (Fsp3) is 0.276. The van der Waals surface area contributed by atoms with Gasteiger partial charge in [0, 0.05) is 35.4 Å². The van der Waals surface area contributed by atoms with Gasteiger partial charge in [0.1, 0.15) is 5.82 Å². The van der Waals surface area contributed by atoms with E-state index in [2.05, 4.69) is 22.0 Å². The van der Waals surface area contributed by atoms with E-state index in [1.165, 1.54) is 0 Å². The van der Waals surface area contributed by atoms with E-state index in [0.717, 1.165) is 53.8 Å². The van der Waals surface area contributed by atoms with Crippen molar-refractivity contribution in [3.63, 3.8) is 0 Å². The summed E-state index contributed by atoms with van der Waals surface area (Å²) >= 11 is 0. The van der Waals surface area contributed by atoms with Crippen molar-refractivity contribution < 1.29 is 9.59 Å². The Morgan fingerprint density at radius 1 is 0.943 bits per heavy atom. The first-order valence-corrected chi connectivity index (χ1v) is 12.3. The molecule has 1 N–H and O–H groups in total. The van der Waals surface area contributed by atoms with Gasteiger partial charge in [-0.3, -0.25) is 14.2 Å². The standard InChI is InChI=1S/C29H28N4O2/c1-19-30-26-17-22(11-16-27(26)33(19)25-5-3-2-4-6-25)29(35)32(24-14-15-24)18-20-7-9-21(10-8-20)28(34)31-23-12-13-23/h2-11,16-17,23-24H,12-15,18H2,1H3,(H,31,34). The normalized spacial score (nSPS) is 15.2. The van der Waals surface area contributed by atoms with Crippen molar-refractivity contribution in [2.75, 3.05) is 0 Å². The average molecular weight is 465 g/mol. The number of carbonyl (C=O) groups is 2. The molecule has 6 nitrogen and oxygen atoms in total. The first kappa shape index (κ1) is 21.6. The summed E-state index contributed by atoms with van der Waals surface area (Å²) in [5, 5.41) is 3.02. The Hall–Kier alpha value is -3.93. The molecule has 6 heteroatoms. The number of nitrogens with zero attached hydrogens (tertiary/aromatic N) is 3. The third-order valence-electron chi connectivity index (χ3n) is 6.81. The monoisotopic (exact) mass is 464 g/mol. The minimum atomic E-state index is -0.0206. The molecule has 176 valence electrons. The van der Waals surface area contributed by atoms with Gasteiger partial charge >= 0.3 is 0 Å². The Kier molecular flexibility index (Phi) is 5.36. The van der Waals surface area contributed by atoms with Gasteiger partial charge < -0.3 is 10.2 Å². The highest BCUT2D eigenvalue weighted by Crippen LogP contribution is 2.31. The highest BCUT2D eigenvalue weighted by Gasteiger charge is 2.33. The van der Waals surface area contributed by atoms with Crippen LogP contribution in [0.3, 0.4) is 0 Å². The molecule has 35 heavy (non-hydrogen) atoms. The number of para-hydroxylation sites is 1. The molecule has 0 spiro atoms. The molecule has 1 aromatic heterocycles. The van der Waals surface area contributed by atoms with Crippen LogP contribution in [0.4, 0.5) is 0 Å².